The predicted octanol–water partition coefficient (Wildman–Crippen LogP) is 2.30. The number of primary amides is 1. The fourth-order valence-corrected chi connectivity index (χ4v) is 2.22. The Labute approximate surface area is 129 Å². The number of benzene rings is 1. The number of carbonyl (C=O) groups excluding carboxylic acids is 2. The first-order valence-corrected chi connectivity index (χ1v) is 7.14. The van der Waals surface area contributed by atoms with Crippen LogP contribution in [-0.4, -0.2) is 22.9 Å². The molecule has 0 aliphatic heterocycles. The zero-order chi connectivity index (χ0) is 15.4. The van der Waals surface area contributed by atoms with Gasteiger partial charge in [-0.2, -0.15) is 0 Å². The molecule has 8 heteroatoms. The molecule has 0 unspecified atom stereocenters. The SMILES string of the molecule is C[C@@H](Oc1ccc(Cl)cc1)C(=O)Nc1ncc(C(N)=O)s1. The second kappa shape index (κ2) is 6.55. The molecular formula is C13H12ClN3O3S. The summed E-state index contributed by atoms with van der Waals surface area (Å²) in [6.45, 7) is 1.60. The topological polar surface area (TPSA) is 94.3 Å². The first-order chi connectivity index (χ1) is 9.95. The molecule has 2 aromatic rings. The summed E-state index contributed by atoms with van der Waals surface area (Å²) in [5.74, 6) is -0.437. The standard InChI is InChI=1S/C13H12ClN3O3S/c1-7(20-9-4-2-8(14)3-5-9)12(19)17-13-16-6-10(21-13)11(15)18/h2-7H,1H3,(H2,15,18)(H,16,17,19)/t7-/m1/s1. The molecule has 3 N–H and O–H groups in total. The Bertz CT molecular complexity index is 657. The van der Waals surface area contributed by atoms with Crippen molar-refractivity contribution in [3.63, 3.8) is 0 Å². The van der Waals surface area contributed by atoms with Gasteiger partial charge in [0, 0.05) is 5.02 Å². The van der Waals surface area contributed by atoms with Crippen molar-refractivity contribution in [1.82, 2.24) is 4.98 Å². The molecule has 2 amide bonds. The summed E-state index contributed by atoms with van der Waals surface area (Å²) < 4.78 is 5.47. The second-order valence-electron chi connectivity index (χ2n) is 4.10. The van der Waals surface area contributed by atoms with E-state index in [4.69, 9.17) is 22.1 Å². The van der Waals surface area contributed by atoms with Crippen molar-refractivity contribution < 1.29 is 14.3 Å². The van der Waals surface area contributed by atoms with Crippen molar-refractivity contribution in [3.8, 4) is 5.75 Å². The third-order valence-electron chi connectivity index (χ3n) is 2.47. The van der Waals surface area contributed by atoms with Gasteiger partial charge in [-0.3, -0.25) is 14.9 Å². The Hall–Kier alpha value is -2.12. The predicted molar refractivity (Wildman–Crippen MR) is 80.8 cm³/mol. The number of thiazole rings is 1. The highest BCUT2D eigenvalue weighted by Crippen LogP contribution is 2.19. The third-order valence-corrected chi connectivity index (χ3v) is 3.65. The summed E-state index contributed by atoms with van der Waals surface area (Å²) in [6.07, 6.45) is 0.583. The van der Waals surface area contributed by atoms with E-state index in [-0.39, 0.29) is 10.8 Å². The fraction of sp³-hybridized carbons (Fsp3) is 0.154. The number of nitrogens with zero attached hydrogens (tertiary/aromatic N) is 1. The maximum Gasteiger partial charge on any atom is 0.266 e. The lowest BCUT2D eigenvalue weighted by Gasteiger charge is -2.13. The van der Waals surface area contributed by atoms with Gasteiger partial charge in [0.2, 0.25) is 0 Å². The molecule has 0 aliphatic carbocycles. The molecule has 21 heavy (non-hydrogen) atoms. The van der Waals surface area contributed by atoms with Gasteiger partial charge in [0.15, 0.2) is 11.2 Å². The minimum atomic E-state index is -0.730. The van der Waals surface area contributed by atoms with Crippen molar-refractivity contribution in [1.29, 1.82) is 0 Å². The van der Waals surface area contributed by atoms with Gasteiger partial charge in [0.25, 0.3) is 11.8 Å². The van der Waals surface area contributed by atoms with Crippen molar-refractivity contribution >= 4 is 39.9 Å². The summed E-state index contributed by atoms with van der Waals surface area (Å²) in [5.41, 5.74) is 5.12. The number of aromatic nitrogens is 1. The molecule has 1 aromatic carbocycles. The van der Waals surface area contributed by atoms with Crippen LogP contribution in [0.3, 0.4) is 0 Å². The van der Waals surface area contributed by atoms with Crippen LogP contribution in [0.4, 0.5) is 5.13 Å². The largest absolute Gasteiger partial charge is 0.481 e. The van der Waals surface area contributed by atoms with Gasteiger partial charge in [-0.15, -0.1) is 0 Å². The summed E-state index contributed by atoms with van der Waals surface area (Å²) in [5, 5.41) is 3.43. The van der Waals surface area contributed by atoms with Gasteiger partial charge in [-0.05, 0) is 31.2 Å². The van der Waals surface area contributed by atoms with E-state index in [2.05, 4.69) is 10.3 Å². The van der Waals surface area contributed by atoms with E-state index in [1.165, 1.54) is 6.20 Å². The average Bonchev–Trinajstić information content (AvgIpc) is 2.90. The first-order valence-electron chi connectivity index (χ1n) is 5.94. The van der Waals surface area contributed by atoms with Gasteiger partial charge in [-0.1, -0.05) is 22.9 Å². The molecule has 0 saturated carbocycles. The molecule has 0 spiro atoms. The quantitative estimate of drug-likeness (QED) is 0.881. The van der Waals surface area contributed by atoms with E-state index in [0.717, 1.165) is 11.3 Å². The van der Waals surface area contributed by atoms with Gasteiger partial charge >= 0.3 is 0 Å². The van der Waals surface area contributed by atoms with E-state index in [1.807, 2.05) is 0 Å². The minimum absolute atomic E-state index is 0.275. The van der Waals surface area contributed by atoms with Crippen LogP contribution >= 0.6 is 22.9 Å². The van der Waals surface area contributed by atoms with Crippen molar-refractivity contribution in [2.24, 2.45) is 5.73 Å². The van der Waals surface area contributed by atoms with Gasteiger partial charge in [0.05, 0.1) is 6.20 Å². The first kappa shape index (κ1) is 15.3. The van der Waals surface area contributed by atoms with Crippen molar-refractivity contribution in [2.45, 2.75) is 13.0 Å². The number of amides is 2. The number of halogens is 1. The second-order valence-corrected chi connectivity index (χ2v) is 5.56. The van der Waals surface area contributed by atoms with Gasteiger partial charge < -0.3 is 10.5 Å². The molecule has 0 fully saturated rings. The fourth-order valence-electron chi connectivity index (χ4n) is 1.42. The van der Waals surface area contributed by atoms with E-state index in [0.29, 0.717) is 15.9 Å². The number of hydrogen-bond acceptors (Lipinski definition) is 5. The van der Waals surface area contributed by atoms with E-state index < -0.39 is 12.0 Å². The number of nitrogens with one attached hydrogen (secondary N) is 1. The van der Waals surface area contributed by atoms with Crippen molar-refractivity contribution in [3.05, 3.63) is 40.4 Å². The normalized spacial score (nSPS) is 11.7. The Morgan fingerprint density at radius 1 is 1.38 bits per heavy atom. The number of rotatable bonds is 5. The molecule has 0 aliphatic rings. The van der Waals surface area contributed by atoms with Crippen LogP contribution in [0.15, 0.2) is 30.5 Å². The van der Waals surface area contributed by atoms with Crippen LogP contribution < -0.4 is 15.8 Å². The lowest BCUT2D eigenvalue weighted by molar-refractivity contribution is -0.122. The number of hydrogen-bond donors (Lipinski definition) is 2. The third kappa shape index (κ3) is 4.17. The molecule has 0 radical (unpaired) electrons. The van der Waals surface area contributed by atoms with Gasteiger partial charge in [-0.25, -0.2) is 4.98 Å². The molecule has 0 saturated heterocycles. The van der Waals surface area contributed by atoms with Crippen molar-refractivity contribution in [2.75, 3.05) is 5.32 Å². The van der Waals surface area contributed by atoms with Crippen LogP contribution in [0, 0.1) is 0 Å². The lowest BCUT2D eigenvalue weighted by Crippen LogP contribution is -2.30. The summed E-state index contributed by atoms with van der Waals surface area (Å²) in [4.78, 5) is 27.1. The molecule has 2 rings (SSSR count). The van der Waals surface area contributed by atoms with E-state index >= 15 is 0 Å². The van der Waals surface area contributed by atoms with E-state index in [9.17, 15) is 9.59 Å². The average molecular weight is 326 g/mol. The molecule has 1 heterocycles. The minimum Gasteiger partial charge on any atom is -0.481 e. The molecule has 110 valence electrons. The molecule has 1 aromatic heterocycles. The number of nitrogens with two attached hydrogens (primary N) is 1. The number of anilines is 1. The molecule has 1 atom stereocenters. The highest BCUT2D eigenvalue weighted by Gasteiger charge is 2.17. The smallest absolute Gasteiger partial charge is 0.266 e. The maximum absolute atomic E-state index is 12.0. The summed E-state index contributed by atoms with van der Waals surface area (Å²) >= 11 is 6.77. The van der Waals surface area contributed by atoms with Crippen LogP contribution in [0.2, 0.25) is 5.02 Å². The Kier molecular flexibility index (Phi) is 4.77. The van der Waals surface area contributed by atoms with Crippen LogP contribution in [-0.2, 0) is 4.79 Å². The Balaban J connectivity index is 1.95. The van der Waals surface area contributed by atoms with Crippen LogP contribution in [0.1, 0.15) is 16.6 Å². The van der Waals surface area contributed by atoms with Crippen LogP contribution in [0.5, 0.6) is 5.75 Å². The molecule has 0 bridgehead atoms. The summed E-state index contributed by atoms with van der Waals surface area (Å²) in [7, 11) is 0. The molecule has 6 nitrogen and oxygen atoms in total. The maximum atomic E-state index is 12.0. The zero-order valence-electron chi connectivity index (χ0n) is 11.0. The van der Waals surface area contributed by atoms with Crippen LogP contribution in [0.25, 0.3) is 0 Å². The highest BCUT2D eigenvalue weighted by molar-refractivity contribution is 7.17. The van der Waals surface area contributed by atoms with E-state index in [1.54, 1.807) is 31.2 Å². The Morgan fingerprint density at radius 3 is 2.62 bits per heavy atom. The number of ether oxygens (including phenoxy) is 1. The Morgan fingerprint density at radius 2 is 2.05 bits per heavy atom. The molecular weight excluding hydrogens is 314 g/mol. The zero-order valence-corrected chi connectivity index (χ0v) is 12.6. The lowest BCUT2D eigenvalue weighted by atomic mass is 10.3. The summed E-state index contributed by atoms with van der Waals surface area (Å²) in [6, 6.07) is 6.67. The monoisotopic (exact) mass is 325 g/mol. The number of carbonyl (C=O) groups is 2. The highest BCUT2D eigenvalue weighted by atomic mass is 35.5. The van der Waals surface area contributed by atoms with Gasteiger partial charge in [0.1, 0.15) is 10.6 Å².